The first-order chi connectivity index (χ1) is 16.4. The maximum absolute atomic E-state index is 15.3. The summed E-state index contributed by atoms with van der Waals surface area (Å²) in [6.45, 7) is 0. The molecule has 2 amide bonds. The quantitative estimate of drug-likeness (QED) is 0.519. The van der Waals surface area contributed by atoms with Gasteiger partial charge in [0.15, 0.2) is 17.5 Å². The summed E-state index contributed by atoms with van der Waals surface area (Å²) in [5.41, 5.74) is 2.03. The topological polar surface area (TPSA) is 118 Å². The van der Waals surface area contributed by atoms with E-state index in [-0.39, 0.29) is 16.7 Å². The van der Waals surface area contributed by atoms with Crippen LogP contribution < -0.4 is 15.8 Å². The lowest BCUT2D eigenvalue weighted by atomic mass is 9.46. The normalized spacial score (nSPS) is 29.1. The highest BCUT2D eigenvalue weighted by atomic mass is 32.2. The molecule has 186 valence electrons. The van der Waals surface area contributed by atoms with Crippen LogP contribution in [0.1, 0.15) is 48.9 Å². The second kappa shape index (κ2) is 7.97. The van der Waals surface area contributed by atoms with Gasteiger partial charge in [0, 0.05) is 5.54 Å². The van der Waals surface area contributed by atoms with Crippen LogP contribution in [-0.2, 0) is 14.8 Å². The van der Waals surface area contributed by atoms with Crippen LogP contribution in [-0.4, -0.2) is 25.8 Å². The van der Waals surface area contributed by atoms with Crippen molar-refractivity contribution < 1.29 is 31.2 Å². The summed E-state index contributed by atoms with van der Waals surface area (Å²) >= 11 is 0. The molecule has 2 unspecified atom stereocenters. The molecule has 4 N–H and O–H groups in total. The predicted octanol–water partition coefficient (Wildman–Crippen LogP) is 3.46. The van der Waals surface area contributed by atoms with E-state index in [0.29, 0.717) is 38.2 Å². The first-order valence-corrected chi connectivity index (χ1v) is 12.8. The van der Waals surface area contributed by atoms with Gasteiger partial charge >= 0.3 is 0 Å². The predicted molar refractivity (Wildman–Crippen MR) is 120 cm³/mol. The molecule has 0 aromatic heterocycles. The Morgan fingerprint density at radius 3 is 2.20 bits per heavy atom. The minimum atomic E-state index is -4.46. The van der Waals surface area contributed by atoms with Gasteiger partial charge in [-0.3, -0.25) is 14.3 Å². The maximum atomic E-state index is 15.3. The van der Waals surface area contributed by atoms with Gasteiger partial charge < -0.3 is 11.1 Å². The Hall–Kier alpha value is -3.08. The van der Waals surface area contributed by atoms with Gasteiger partial charge in [-0.15, -0.1) is 0 Å². The van der Waals surface area contributed by atoms with Crippen LogP contribution in [0.3, 0.4) is 0 Å². The van der Waals surface area contributed by atoms with E-state index in [4.69, 9.17) is 5.73 Å². The average Bonchev–Trinajstić information content (AvgIpc) is 2.78. The Morgan fingerprint density at radius 2 is 1.60 bits per heavy atom. The molecule has 4 bridgehead atoms. The van der Waals surface area contributed by atoms with Crippen LogP contribution in [0.2, 0.25) is 0 Å². The van der Waals surface area contributed by atoms with E-state index in [1.54, 1.807) is 10.8 Å². The molecule has 0 saturated heterocycles. The van der Waals surface area contributed by atoms with Crippen LogP contribution in [0.25, 0.3) is 0 Å². The fourth-order valence-electron chi connectivity index (χ4n) is 6.66. The summed E-state index contributed by atoms with van der Waals surface area (Å²) in [6.07, 6.45) is 3.64. The number of amides is 2. The highest BCUT2D eigenvalue weighted by Gasteiger charge is 2.60. The maximum Gasteiger partial charge on any atom is 0.262 e. The highest BCUT2D eigenvalue weighted by molar-refractivity contribution is 7.92. The monoisotopic (exact) mass is 507 g/mol. The second-order valence-corrected chi connectivity index (χ2v) is 11.8. The van der Waals surface area contributed by atoms with Crippen molar-refractivity contribution in [2.45, 2.75) is 49.0 Å². The van der Waals surface area contributed by atoms with Gasteiger partial charge in [0.25, 0.3) is 15.9 Å². The molecule has 0 heterocycles. The smallest absolute Gasteiger partial charge is 0.262 e. The molecule has 6 rings (SSSR count). The number of benzene rings is 2. The standard InChI is InChI=1S/C24H24F3N3O4S/c25-17-7-16(18(26)20(19(17)27)30-35(33,34)15-4-2-1-3-5-15)21(31)29-24-10-13-6-14(11-24)9-23(8-13,12-24)22(28)32/h1-5,7,13-14,30H,6,8-12H2,(H2,28,32)(H,29,31). The first-order valence-electron chi connectivity index (χ1n) is 11.3. The van der Waals surface area contributed by atoms with E-state index in [0.717, 1.165) is 6.42 Å². The van der Waals surface area contributed by atoms with Crippen molar-refractivity contribution in [3.8, 4) is 0 Å². The van der Waals surface area contributed by atoms with Crippen molar-refractivity contribution in [1.29, 1.82) is 0 Å². The van der Waals surface area contributed by atoms with Gasteiger partial charge in [0.2, 0.25) is 5.91 Å². The number of halogens is 3. The molecule has 4 aliphatic carbocycles. The summed E-state index contributed by atoms with van der Waals surface area (Å²) in [4.78, 5) is 25.1. The molecule has 4 fully saturated rings. The van der Waals surface area contributed by atoms with Crippen molar-refractivity contribution in [2.24, 2.45) is 23.0 Å². The van der Waals surface area contributed by atoms with Gasteiger partial charge in [-0.2, -0.15) is 0 Å². The number of rotatable bonds is 6. The Kier molecular flexibility index (Phi) is 5.39. The second-order valence-electron chi connectivity index (χ2n) is 10.2. The summed E-state index contributed by atoms with van der Waals surface area (Å²) in [7, 11) is -4.46. The van der Waals surface area contributed by atoms with Gasteiger partial charge in [-0.05, 0) is 68.6 Å². The molecular formula is C24H24F3N3O4S. The van der Waals surface area contributed by atoms with Gasteiger partial charge in [0.1, 0.15) is 5.69 Å². The molecule has 0 spiro atoms. The largest absolute Gasteiger partial charge is 0.369 e. The lowest BCUT2D eigenvalue weighted by Gasteiger charge is -2.61. The number of hydrogen-bond donors (Lipinski definition) is 3. The zero-order valence-electron chi connectivity index (χ0n) is 18.6. The first kappa shape index (κ1) is 23.7. The molecule has 2 aromatic carbocycles. The van der Waals surface area contributed by atoms with Crippen molar-refractivity contribution in [3.63, 3.8) is 0 Å². The van der Waals surface area contributed by atoms with Crippen LogP contribution >= 0.6 is 0 Å². The van der Waals surface area contributed by atoms with Crippen LogP contribution in [0.5, 0.6) is 0 Å². The van der Waals surface area contributed by atoms with Gasteiger partial charge in [-0.25, -0.2) is 21.6 Å². The van der Waals surface area contributed by atoms with Gasteiger partial charge in [-0.1, -0.05) is 18.2 Å². The Labute approximate surface area is 200 Å². The Balaban J connectivity index is 1.47. The number of hydrogen-bond acceptors (Lipinski definition) is 4. The number of sulfonamides is 1. The molecule has 35 heavy (non-hydrogen) atoms. The van der Waals surface area contributed by atoms with Crippen LogP contribution in [0, 0.1) is 34.7 Å². The minimum Gasteiger partial charge on any atom is -0.369 e. The third-order valence-corrected chi connectivity index (χ3v) is 9.02. The molecule has 7 nitrogen and oxygen atoms in total. The van der Waals surface area contributed by atoms with Crippen molar-refractivity contribution in [1.82, 2.24) is 5.32 Å². The Morgan fingerprint density at radius 1 is 0.971 bits per heavy atom. The number of nitrogens with two attached hydrogens (primary N) is 1. The Bertz CT molecular complexity index is 1320. The number of carbonyl (C=O) groups excluding carboxylic acids is 2. The average molecular weight is 508 g/mol. The van der Waals surface area contributed by atoms with Crippen molar-refractivity contribution in [3.05, 3.63) is 59.4 Å². The molecular weight excluding hydrogens is 483 g/mol. The molecule has 0 aliphatic heterocycles. The molecule has 11 heteroatoms. The van der Waals surface area contributed by atoms with E-state index in [9.17, 15) is 26.8 Å². The number of nitrogens with one attached hydrogen (secondary N) is 2. The van der Waals surface area contributed by atoms with E-state index in [1.165, 1.54) is 24.3 Å². The van der Waals surface area contributed by atoms with E-state index in [1.807, 2.05) is 0 Å². The lowest BCUT2D eigenvalue weighted by molar-refractivity contribution is -0.146. The fourth-order valence-corrected chi connectivity index (χ4v) is 7.74. The molecule has 4 saturated carbocycles. The van der Waals surface area contributed by atoms with Gasteiger partial charge in [0.05, 0.1) is 15.9 Å². The van der Waals surface area contributed by atoms with E-state index >= 15 is 4.39 Å². The molecule has 2 atom stereocenters. The lowest BCUT2D eigenvalue weighted by Crippen LogP contribution is -2.65. The van der Waals surface area contributed by atoms with Crippen molar-refractivity contribution >= 4 is 27.5 Å². The zero-order chi connectivity index (χ0) is 25.2. The summed E-state index contributed by atoms with van der Waals surface area (Å²) in [5, 5.41) is 2.78. The van der Waals surface area contributed by atoms with E-state index < -0.39 is 61.5 Å². The number of anilines is 1. The van der Waals surface area contributed by atoms with Crippen LogP contribution in [0.4, 0.5) is 18.9 Å². The van der Waals surface area contributed by atoms with Crippen molar-refractivity contribution in [2.75, 3.05) is 4.72 Å². The summed E-state index contributed by atoms with van der Waals surface area (Å²) in [6, 6.07) is 7.19. The summed E-state index contributed by atoms with van der Waals surface area (Å²) < 4.78 is 71.1. The fraction of sp³-hybridized carbons (Fsp3) is 0.417. The summed E-state index contributed by atoms with van der Waals surface area (Å²) in [5.74, 6) is -5.97. The SMILES string of the molecule is NC(=O)C12CC3CC(CC(NC(=O)c4cc(F)c(F)c(NS(=O)(=O)c5ccccc5)c4F)(C3)C1)C2. The zero-order valence-corrected chi connectivity index (χ0v) is 19.4. The highest BCUT2D eigenvalue weighted by Crippen LogP contribution is 2.61. The molecule has 2 aromatic rings. The minimum absolute atomic E-state index is 0.173. The third-order valence-electron chi connectivity index (χ3n) is 7.65. The van der Waals surface area contributed by atoms with E-state index in [2.05, 4.69) is 5.32 Å². The van der Waals surface area contributed by atoms with Crippen LogP contribution in [0.15, 0.2) is 41.3 Å². The number of carbonyl (C=O) groups is 2. The third kappa shape index (κ3) is 3.95. The molecule has 4 aliphatic rings. The number of primary amides is 1. The molecule has 0 radical (unpaired) electrons.